The quantitative estimate of drug-likeness (QED) is 0.464. The molecule has 28 heavy (non-hydrogen) atoms. The van der Waals surface area contributed by atoms with E-state index in [4.69, 9.17) is 0 Å². The molecule has 0 spiro atoms. The van der Waals surface area contributed by atoms with Crippen molar-refractivity contribution in [2.75, 3.05) is 0 Å². The van der Waals surface area contributed by atoms with Crippen LogP contribution in [0.1, 0.15) is 106 Å². The smallest absolute Gasteiger partial charge is 0.136 e. The molecule has 5 saturated carbocycles. The third kappa shape index (κ3) is 2.18. The highest BCUT2D eigenvalue weighted by atomic mass is 16.1. The van der Waals surface area contributed by atoms with Gasteiger partial charge < -0.3 is 0 Å². The zero-order valence-corrected chi connectivity index (χ0v) is 19.4. The van der Waals surface area contributed by atoms with Gasteiger partial charge in [0.05, 0.1) is 0 Å². The Morgan fingerprint density at radius 2 is 1.57 bits per heavy atom. The van der Waals surface area contributed by atoms with E-state index in [1.165, 1.54) is 57.8 Å². The van der Waals surface area contributed by atoms with Crippen LogP contribution >= 0.6 is 0 Å². The summed E-state index contributed by atoms with van der Waals surface area (Å²) in [6, 6.07) is 0. The van der Waals surface area contributed by atoms with E-state index < -0.39 is 0 Å². The molecule has 0 aromatic heterocycles. The van der Waals surface area contributed by atoms with Gasteiger partial charge in [0.25, 0.3) is 0 Å². The van der Waals surface area contributed by atoms with Crippen LogP contribution in [0.25, 0.3) is 0 Å². The van der Waals surface area contributed by atoms with Crippen molar-refractivity contribution in [2.24, 2.45) is 57.2 Å². The first-order valence-electron chi connectivity index (χ1n) is 12.6. The van der Waals surface area contributed by atoms with Gasteiger partial charge in [-0.1, -0.05) is 41.5 Å². The van der Waals surface area contributed by atoms with Crippen molar-refractivity contribution in [1.82, 2.24) is 0 Å². The van der Waals surface area contributed by atoms with Crippen LogP contribution in [0.5, 0.6) is 0 Å². The summed E-state index contributed by atoms with van der Waals surface area (Å²) in [5.74, 6) is 5.39. The zero-order chi connectivity index (χ0) is 20.1. The van der Waals surface area contributed by atoms with Crippen LogP contribution in [-0.4, -0.2) is 5.78 Å². The second kappa shape index (κ2) is 5.88. The summed E-state index contributed by atoms with van der Waals surface area (Å²) in [4.78, 5) is 12.7. The predicted molar refractivity (Wildman–Crippen MR) is 116 cm³/mol. The molecule has 5 rings (SSSR count). The molecular weight excluding hydrogens is 340 g/mol. The van der Waals surface area contributed by atoms with Gasteiger partial charge in [-0.05, 0) is 109 Å². The number of hydrogen-bond acceptors (Lipinski definition) is 1. The lowest BCUT2D eigenvalue weighted by Crippen LogP contribution is -2.63. The molecule has 0 aliphatic heterocycles. The Bertz CT molecular complexity index is 680. The minimum absolute atomic E-state index is 0.298. The molecule has 5 fully saturated rings. The van der Waals surface area contributed by atoms with Crippen molar-refractivity contribution < 1.29 is 4.79 Å². The molecule has 0 aromatic rings. The van der Waals surface area contributed by atoms with Gasteiger partial charge in [0.1, 0.15) is 5.78 Å². The SMILES string of the molecule is CC(C)[C@@H]1CC[C@]2(C)CC[C@]3(C)[C@H](CC[C@@H]4[C@@]5(C)CCC(=O)[C@H]5CC[C@]43C)[C@@H]12. The van der Waals surface area contributed by atoms with Crippen molar-refractivity contribution in [1.29, 1.82) is 0 Å². The van der Waals surface area contributed by atoms with E-state index >= 15 is 0 Å². The maximum Gasteiger partial charge on any atom is 0.136 e. The number of fused-ring (bicyclic) bond motifs is 7. The van der Waals surface area contributed by atoms with Gasteiger partial charge in [0.2, 0.25) is 0 Å². The average Bonchev–Trinajstić information content (AvgIpc) is 3.13. The lowest BCUT2D eigenvalue weighted by Gasteiger charge is -2.70. The van der Waals surface area contributed by atoms with Crippen LogP contribution in [0.4, 0.5) is 0 Å². The van der Waals surface area contributed by atoms with Gasteiger partial charge in [-0.25, -0.2) is 0 Å². The predicted octanol–water partition coefficient (Wildman–Crippen LogP) is 7.29. The largest absolute Gasteiger partial charge is 0.299 e. The summed E-state index contributed by atoms with van der Waals surface area (Å²) >= 11 is 0. The first-order valence-corrected chi connectivity index (χ1v) is 12.6. The Morgan fingerprint density at radius 3 is 2.29 bits per heavy atom. The van der Waals surface area contributed by atoms with Gasteiger partial charge >= 0.3 is 0 Å². The average molecular weight is 385 g/mol. The van der Waals surface area contributed by atoms with E-state index in [0.29, 0.717) is 33.4 Å². The first-order chi connectivity index (χ1) is 13.1. The van der Waals surface area contributed by atoms with E-state index in [2.05, 4.69) is 41.5 Å². The summed E-state index contributed by atoms with van der Waals surface area (Å²) in [6.45, 7) is 15.6. The summed E-state index contributed by atoms with van der Waals surface area (Å²) in [6.07, 6.45) is 13.2. The molecule has 0 saturated heterocycles. The molecule has 0 heterocycles. The van der Waals surface area contributed by atoms with Crippen molar-refractivity contribution in [3.63, 3.8) is 0 Å². The van der Waals surface area contributed by atoms with Gasteiger partial charge in [-0.2, -0.15) is 0 Å². The summed E-state index contributed by atoms with van der Waals surface area (Å²) in [5.41, 5.74) is 1.83. The standard InChI is InChI=1S/C27H44O/c1-17(2)18-9-12-24(3)15-16-26(5)20(23(18)24)7-8-22-25(4)13-11-21(28)19(25)10-14-27(22,26)6/h17-20,22-23H,7-16H2,1-6H3/t18-,19+,20+,22+,23+,24+,25-,26+,27+/m0/s1. The van der Waals surface area contributed by atoms with E-state index in [9.17, 15) is 4.79 Å². The van der Waals surface area contributed by atoms with Gasteiger partial charge in [0.15, 0.2) is 0 Å². The first kappa shape index (κ1) is 19.6. The Labute approximate surface area is 173 Å². The fraction of sp³-hybridized carbons (Fsp3) is 0.963. The molecule has 158 valence electrons. The highest BCUT2D eigenvalue weighted by Crippen LogP contribution is 2.76. The Morgan fingerprint density at radius 1 is 0.821 bits per heavy atom. The molecule has 0 aromatic carbocycles. The fourth-order valence-electron chi connectivity index (χ4n) is 10.6. The van der Waals surface area contributed by atoms with E-state index in [1.54, 1.807) is 0 Å². The molecule has 1 heteroatoms. The highest BCUT2D eigenvalue weighted by molar-refractivity contribution is 5.84. The van der Waals surface area contributed by atoms with E-state index in [1.807, 2.05) is 0 Å². The Hall–Kier alpha value is -0.330. The molecule has 0 N–H and O–H groups in total. The normalized spacial score (nSPS) is 58.2. The lowest BCUT2D eigenvalue weighted by atomic mass is 9.35. The molecule has 5 aliphatic rings. The number of carbonyl (C=O) groups is 1. The molecule has 0 bridgehead atoms. The number of hydrogen-bond donors (Lipinski definition) is 0. The van der Waals surface area contributed by atoms with Crippen LogP contribution in [0.3, 0.4) is 0 Å². The zero-order valence-electron chi connectivity index (χ0n) is 19.4. The van der Waals surface area contributed by atoms with Crippen LogP contribution in [0.15, 0.2) is 0 Å². The van der Waals surface area contributed by atoms with E-state index in [-0.39, 0.29) is 0 Å². The van der Waals surface area contributed by atoms with Crippen molar-refractivity contribution >= 4 is 5.78 Å². The summed E-state index contributed by atoms with van der Waals surface area (Å²) < 4.78 is 0. The number of ketones is 1. The van der Waals surface area contributed by atoms with Crippen LogP contribution < -0.4 is 0 Å². The van der Waals surface area contributed by atoms with Crippen LogP contribution in [0, 0.1) is 57.2 Å². The molecule has 5 aliphatic carbocycles. The van der Waals surface area contributed by atoms with Crippen LogP contribution in [-0.2, 0) is 4.79 Å². The third-order valence-electron chi connectivity index (χ3n) is 12.3. The lowest BCUT2D eigenvalue weighted by molar-refractivity contribution is -0.213. The molecule has 0 unspecified atom stereocenters. The van der Waals surface area contributed by atoms with Crippen molar-refractivity contribution in [3.8, 4) is 0 Å². The highest BCUT2D eigenvalue weighted by Gasteiger charge is 2.69. The van der Waals surface area contributed by atoms with Crippen molar-refractivity contribution in [2.45, 2.75) is 106 Å². The van der Waals surface area contributed by atoms with Crippen molar-refractivity contribution in [3.05, 3.63) is 0 Å². The Kier molecular flexibility index (Phi) is 4.12. The van der Waals surface area contributed by atoms with Gasteiger partial charge in [-0.3, -0.25) is 4.79 Å². The molecular formula is C27H44O. The maximum absolute atomic E-state index is 12.7. The molecule has 9 atom stereocenters. The maximum atomic E-state index is 12.7. The monoisotopic (exact) mass is 384 g/mol. The topological polar surface area (TPSA) is 17.1 Å². The molecule has 0 amide bonds. The van der Waals surface area contributed by atoms with Crippen LogP contribution in [0.2, 0.25) is 0 Å². The molecule has 0 radical (unpaired) electrons. The molecule has 1 nitrogen and oxygen atoms in total. The van der Waals surface area contributed by atoms with Gasteiger partial charge in [-0.15, -0.1) is 0 Å². The third-order valence-corrected chi connectivity index (χ3v) is 12.3. The number of rotatable bonds is 1. The second-order valence-electron chi connectivity index (χ2n) is 13.3. The Balaban J connectivity index is 1.55. The summed E-state index contributed by atoms with van der Waals surface area (Å²) in [7, 11) is 0. The second-order valence-corrected chi connectivity index (χ2v) is 13.3. The fourth-order valence-corrected chi connectivity index (χ4v) is 10.6. The van der Waals surface area contributed by atoms with Gasteiger partial charge in [0, 0.05) is 12.3 Å². The number of carbonyl (C=O) groups excluding carboxylic acids is 1. The minimum atomic E-state index is 0.298. The van der Waals surface area contributed by atoms with E-state index in [0.717, 1.165) is 36.0 Å². The minimum Gasteiger partial charge on any atom is -0.299 e. The number of Topliss-reactive ketones (excluding diaryl/α,β-unsaturated/α-hetero) is 1. The summed E-state index contributed by atoms with van der Waals surface area (Å²) in [5, 5.41) is 0.